The Morgan fingerprint density at radius 1 is 1.21 bits per heavy atom. The van der Waals surface area contributed by atoms with E-state index in [2.05, 4.69) is 10.2 Å². The molecule has 1 heterocycles. The average molecular weight is 339 g/mol. The summed E-state index contributed by atoms with van der Waals surface area (Å²) in [7, 11) is 1.38. The van der Waals surface area contributed by atoms with Gasteiger partial charge in [0, 0.05) is 0 Å². The molecule has 0 spiro atoms. The van der Waals surface area contributed by atoms with Crippen molar-refractivity contribution in [2.75, 3.05) is 7.11 Å². The lowest BCUT2D eigenvalue weighted by atomic mass is 10.2. The van der Waals surface area contributed by atoms with Crippen LogP contribution in [-0.4, -0.2) is 23.9 Å². The number of benzene rings is 2. The van der Waals surface area contributed by atoms with Crippen molar-refractivity contribution in [3.63, 3.8) is 0 Å². The van der Waals surface area contributed by atoms with Gasteiger partial charge in [0.1, 0.15) is 6.54 Å². The maximum Gasteiger partial charge on any atom is 0.325 e. The van der Waals surface area contributed by atoms with Crippen LogP contribution in [0, 0.1) is 6.92 Å². The zero-order valence-electron chi connectivity index (χ0n) is 13.5. The quantitative estimate of drug-likeness (QED) is 0.417. The van der Waals surface area contributed by atoms with E-state index in [0.717, 1.165) is 15.8 Å². The summed E-state index contributed by atoms with van der Waals surface area (Å²) in [6.45, 7) is 2.15. The summed E-state index contributed by atoms with van der Waals surface area (Å²) >= 11 is 1.49. The van der Waals surface area contributed by atoms with Gasteiger partial charge in [-0.05, 0) is 24.6 Å². The Hall–Kier alpha value is -2.73. The molecule has 3 rings (SSSR count). The number of nitrogens with zero attached hydrogens (tertiary/aromatic N) is 3. The first-order valence-corrected chi connectivity index (χ1v) is 8.28. The van der Waals surface area contributed by atoms with Gasteiger partial charge in [-0.1, -0.05) is 53.3 Å². The van der Waals surface area contributed by atoms with Crippen LogP contribution in [0.4, 0.5) is 0 Å². The summed E-state index contributed by atoms with van der Waals surface area (Å²) in [6.07, 6.45) is 1.70. The second-order valence-electron chi connectivity index (χ2n) is 5.27. The third-order valence-corrected chi connectivity index (χ3v) is 4.58. The maximum atomic E-state index is 11.7. The van der Waals surface area contributed by atoms with Crippen LogP contribution in [0.25, 0.3) is 10.2 Å². The first-order valence-electron chi connectivity index (χ1n) is 7.46. The monoisotopic (exact) mass is 339 g/mol. The Labute approximate surface area is 143 Å². The van der Waals surface area contributed by atoms with E-state index in [9.17, 15) is 4.79 Å². The normalized spacial score (nSPS) is 12.2. The fourth-order valence-electron chi connectivity index (χ4n) is 2.24. The summed E-state index contributed by atoms with van der Waals surface area (Å²) < 4.78 is 7.64. The molecular formula is C18H17N3O2S. The Morgan fingerprint density at radius 3 is 2.71 bits per heavy atom. The second-order valence-corrected chi connectivity index (χ2v) is 6.28. The van der Waals surface area contributed by atoms with Crippen molar-refractivity contribution in [1.82, 2.24) is 4.57 Å². The van der Waals surface area contributed by atoms with Crippen LogP contribution < -0.4 is 4.80 Å². The Kier molecular flexibility index (Phi) is 4.86. The number of para-hydroxylation sites is 1. The number of esters is 1. The number of thiazole rings is 1. The van der Waals surface area contributed by atoms with Crippen LogP contribution in [0.1, 0.15) is 11.1 Å². The highest BCUT2D eigenvalue weighted by molar-refractivity contribution is 7.16. The summed E-state index contributed by atoms with van der Waals surface area (Å²) in [5.74, 6) is -0.317. The molecule has 0 saturated heterocycles. The van der Waals surface area contributed by atoms with Gasteiger partial charge in [-0.15, -0.1) is 5.10 Å². The number of carbonyl (C=O) groups is 1. The van der Waals surface area contributed by atoms with E-state index in [-0.39, 0.29) is 12.5 Å². The average Bonchev–Trinajstić information content (AvgIpc) is 2.94. The number of fused-ring (bicyclic) bond motifs is 1. The van der Waals surface area contributed by atoms with Crippen LogP contribution in [-0.2, 0) is 16.1 Å². The fraction of sp³-hybridized carbons (Fsp3) is 0.167. The third-order valence-electron chi connectivity index (χ3n) is 3.53. The molecule has 6 heteroatoms. The highest BCUT2D eigenvalue weighted by atomic mass is 32.1. The van der Waals surface area contributed by atoms with Crippen molar-refractivity contribution in [3.8, 4) is 0 Å². The predicted molar refractivity (Wildman–Crippen MR) is 96.2 cm³/mol. The predicted octanol–water partition coefficient (Wildman–Crippen LogP) is 3.12. The number of carbonyl (C=O) groups excluding carboxylic acids is 1. The van der Waals surface area contributed by atoms with E-state index in [0.29, 0.717) is 4.80 Å². The molecule has 0 aliphatic carbocycles. The van der Waals surface area contributed by atoms with Crippen LogP contribution in [0.2, 0.25) is 0 Å². The van der Waals surface area contributed by atoms with E-state index < -0.39 is 0 Å². The molecule has 3 aromatic rings. The summed E-state index contributed by atoms with van der Waals surface area (Å²) in [5.41, 5.74) is 3.12. The molecule has 122 valence electrons. The molecule has 0 aliphatic rings. The molecule has 0 radical (unpaired) electrons. The first kappa shape index (κ1) is 16.1. The zero-order valence-corrected chi connectivity index (χ0v) is 14.3. The number of aryl methyl sites for hydroxylation is 1. The lowest BCUT2D eigenvalue weighted by Gasteiger charge is -2.02. The van der Waals surface area contributed by atoms with Crippen LogP contribution in [0.5, 0.6) is 0 Å². The molecule has 0 unspecified atom stereocenters. The summed E-state index contributed by atoms with van der Waals surface area (Å²) in [6, 6.07) is 15.9. The minimum atomic E-state index is -0.317. The SMILES string of the molecule is COC(=O)Cn1c(=NN=Cc2ccc(C)cc2)sc2ccccc21. The van der Waals surface area contributed by atoms with Gasteiger partial charge in [0.2, 0.25) is 4.80 Å². The van der Waals surface area contributed by atoms with E-state index >= 15 is 0 Å². The highest BCUT2D eigenvalue weighted by Crippen LogP contribution is 2.16. The standard InChI is InChI=1S/C18H17N3O2S/c1-13-7-9-14(10-8-13)11-19-20-18-21(12-17(22)23-2)15-5-3-4-6-16(15)24-18/h3-11H,12H2,1-2H3. The van der Waals surface area contributed by atoms with Crippen molar-refractivity contribution < 1.29 is 9.53 Å². The molecule has 1 aromatic heterocycles. The Bertz CT molecular complexity index is 952. The molecular weight excluding hydrogens is 322 g/mol. The smallest absolute Gasteiger partial charge is 0.325 e. The molecule has 0 amide bonds. The topological polar surface area (TPSA) is 56.0 Å². The second kappa shape index (κ2) is 7.23. The maximum absolute atomic E-state index is 11.7. The van der Waals surface area contributed by atoms with Gasteiger partial charge in [0.05, 0.1) is 23.5 Å². The first-order chi connectivity index (χ1) is 11.7. The number of rotatable bonds is 4. The van der Waals surface area contributed by atoms with Gasteiger partial charge in [0.15, 0.2) is 0 Å². The number of ether oxygens (including phenoxy) is 1. The van der Waals surface area contributed by atoms with Gasteiger partial charge in [-0.2, -0.15) is 5.10 Å². The molecule has 0 saturated carbocycles. The largest absolute Gasteiger partial charge is 0.468 e. The molecule has 0 fully saturated rings. The molecule has 0 bridgehead atoms. The summed E-state index contributed by atoms with van der Waals surface area (Å²) in [5, 5.41) is 8.46. The van der Waals surface area contributed by atoms with Gasteiger partial charge in [-0.3, -0.25) is 4.79 Å². The molecule has 0 N–H and O–H groups in total. The van der Waals surface area contributed by atoms with Crippen molar-refractivity contribution in [3.05, 3.63) is 64.5 Å². The molecule has 0 aliphatic heterocycles. The van der Waals surface area contributed by atoms with E-state index in [1.807, 2.05) is 60.0 Å². The lowest BCUT2D eigenvalue weighted by molar-refractivity contribution is -0.141. The Balaban J connectivity index is 1.99. The molecule has 24 heavy (non-hydrogen) atoms. The van der Waals surface area contributed by atoms with Gasteiger partial charge < -0.3 is 9.30 Å². The molecule has 5 nitrogen and oxygen atoms in total. The van der Waals surface area contributed by atoms with Gasteiger partial charge in [0.25, 0.3) is 0 Å². The minimum Gasteiger partial charge on any atom is -0.468 e. The van der Waals surface area contributed by atoms with Gasteiger partial charge in [-0.25, -0.2) is 0 Å². The zero-order chi connectivity index (χ0) is 16.9. The van der Waals surface area contributed by atoms with E-state index in [1.54, 1.807) is 6.21 Å². The van der Waals surface area contributed by atoms with Crippen molar-refractivity contribution in [2.24, 2.45) is 10.2 Å². The highest BCUT2D eigenvalue weighted by Gasteiger charge is 2.09. The van der Waals surface area contributed by atoms with Crippen molar-refractivity contribution >= 4 is 33.7 Å². The van der Waals surface area contributed by atoms with Crippen LogP contribution in [0.15, 0.2) is 58.7 Å². The van der Waals surface area contributed by atoms with E-state index in [1.165, 1.54) is 24.0 Å². The van der Waals surface area contributed by atoms with Crippen LogP contribution >= 0.6 is 11.3 Å². The fourth-order valence-corrected chi connectivity index (χ4v) is 3.23. The number of hydrogen-bond donors (Lipinski definition) is 0. The van der Waals surface area contributed by atoms with Crippen molar-refractivity contribution in [2.45, 2.75) is 13.5 Å². The summed E-state index contributed by atoms with van der Waals surface area (Å²) in [4.78, 5) is 12.3. The van der Waals surface area contributed by atoms with Gasteiger partial charge >= 0.3 is 5.97 Å². The van der Waals surface area contributed by atoms with Crippen molar-refractivity contribution in [1.29, 1.82) is 0 Å². The van der Waals surface area contributed by atoms with Crippen LogP contribution in [0.3, 0.4) is 0 Å². The lowest BCUT2D eigenvalue weighted by Crippen LogP contribution is -2.20. The number of hydrogen-bond acceptors (Lipinski definition) is 5. The third kappa shape index (κ3) is 3.60. The number of methoxy groups -OCH3 is 1. The number of aromatic nitrogens is 1. The Morgan fingerprint density at radius 2 is 1.96 bits per heavy atom. The van der Waals surface area contributed by atoms with E-state index in [4.69, 9.17) is 4.74 Å². The minimum absolute atomic E-state index is 0.111. The molecule has 2 aromatic carbocycles. The molecule has 0 atom stereocenters.